The van der Waals surface area contributed by atoms with E-state index in [1.807, 2.05) is 35.2 Å². The minimum absolute atomic E-state index is 0.0789. The fourth-order valence-electron chi connectivity index (χ4n) is 4.83. The van der Waals surface area contributed by atoms with Gasteiger partial charge in [-0.3, -0.25) is 9.78 Å². The fraction of sp³-hybridized carbons (Fsp3) is 0.185. The predicted octanol–water partition coefficient (Wildman–Crippen LogP) is 4.96. The van der Waals surface area contributed by atoms with Crippen LogP contribution in [0.1, 0.15) is 23.5 Å². The number of furan rings is 1. The average molecular weight is 450 g/mol. The van der Waals surface area contributed by atoms with Gasteiger partial charge in [-0.25, -0.2) is 9.97 Å². The second-order valence-electron chi connectivity index (χ2n) is 8.50. The van der Waals surface area contributed by atoms with Crippen molar-refractivity contribution in [2.45, 2.75) is 18.9 Å². The van der Waals surface area contributed by atoms with Gasteiger partial charge in [-0.1, -0.05) is 30.3 Å². The molecule has 4 heterocycles. The smallest absolute Gasteiger partial charge is 0.223 e. The lowest BCUT2D eigenvalue weighted by Crippen LogP contribution is -2.24. The van der Waals surface area contributed by atoms with Gasteiger partial charge in [0.1, 0.15) is 6.33 Å². The number of hydrogen-bond donors (Lipinski definition) is 0. The fourth-order valence-corrected chi connectivity index (χ4v) is 4.83. The molecule has 7 nitrogen and oxygen atoms in total. The summed E-state index contributed by atoms with van der Waals surface area (Å²) in [5, 5.41) is 2.00. The first-order valence-corrected chi connectivity index (χ1v) is 11.2. The highest BCUT2D eigenvalue weighted by molar-refractivity contribution is 6.08. The highest BCUT2D eigenvalue weighted by Crippen LogP contribution is 2.42. The lowest BCUT2D eigenvalue weighted by molar-refractivity contribution is -0.128. The molecule has 2 aromatic carbocycles. The first kappa shape index (κ1) is 20.4. The molecule has 1 amide bonds. The predicted molar refractivity (Wildman–Crippen MR) is 128 cm³/mol. The molecule has 34 heavy (non-hydrogen) atoms. The summed E-state index contributed by atoms with van der Waals surface area (Å²) in [5.41, 5.74) is 5.52. The molecule has 0 saturated carbocycles. The van der Waals surface area contributed by atoms with Crippen LogP contribution in [-0.4, -0.2) is 39.4 Å². The van der Waals surface area contributed by atoms with Gasteiger partial charge in [0, 0.05) is 54.2 Å². The van der Waals surface area contributed by atoms with Gasteiger partial charge in [0.2, 0.25) is 5.91 Å². The van der Waals surface area contributed by atoms with Crippen LogP contribution in [0.2, 0.25) is 0 Å². The molecule has 5 aromatic rings. The van der Waals surface area contributed by atoms with Crippen molar-refractivity contribution in [2.24, 2.45) is 0 Å². The Labute approximate surface area is 196 Å². The van der Waals surface area contributed by atoms with Crippen LogP contribution in [-0.2, 0) is 11.3 Å². The number of methoxy groups -OCH3 is 1. The normalized spacial score (nSPS) is 16.0. The molecule has 168 valence electrons. The Balaban J connectivity index is 1.28. The quantitative estimate of drug-likeness (QED) is 0.376. The summed E-state index contributed by atoms with van der Waals surface area (Å²) >= 11 is 0. The number of rotatable bonds is 5. The maximum absolute atomic E-state index is 13.0. The Morgan fingerprint density at radius 1 is 1.06 bits per heavy atom. The number of ether oxygens (including phenoxy) is 1. The Bertz CT molecular complexity index is 1500. The lowest BCUT2D eigenvalue weighted by Gasteiger charge is -2.18. The standard InChI is InChI=1S/C27H22N4O3/c1-33-23-7-6-20(26-21-8-10-28-13-24(21)34-27(23)26)19-12-25(32)31(15-19)14-17-2-4-18(5-3-17)22-9-11-29-16-30-22/h2-11,13,16,19H,12,14-15H2,1H3. The number of fused-ring (bicyclic) bond motifs is 3. The van der Waals surface area contributed by atoms with E-state index in [2.05, 4.69) is 33.2 Å². The van der Waals surface area contributed by atoms with E-state index in [-0.39, 0.29) is 11.8 Å². The largest absolute Gasteiger partial charge is 0.493 e. The Hall–Kier alpha value is -4.26. The van der Waals surface area contributed by atoms with Crippen molar-refractivity contribution in [1.29, 1.82) is 0 Å². The van der Waals surface area contributed by atoms with Crippen LogP contribution < -0.4 is 4.74 Å². The molecule has 1 saturated heterocycles. The molecule has 1 aliphatic rings. The van der Waals surface area contributed by atoms with Gasteiger partial charge in [0.05, 0.1) is 19.0 Å². The van der Waals surface area contributed by atoms with Crippen molar-refractivity contribution in [1.82, 2.24) is 19.9 Å². The zero-order valence-corrected chi connectivity index (χ0v) is 18.6. The Kier molecular flexibility index (Phi) is 4.95. The van der Waals surface area contributed by atoms with E-state index in [0.717, 1.165) is 33.2 Å². The maximum Gasteiger partial charge on any atom is 0.223 e. The third-order valence-corrected chi connectivity index (χ3v) is 6.50. The minimum atomic E-state index is 0.0789. The maximum atomic E-state index is 13.0. The van der Waals surface area contributed by atoms with Gasteiger partial charge < -0.3 is 14.1 Å². The van der Waals surface area contributed by atoms with Gasteiger partial charge in [-0.05, 0) is 29.3 Å². The molecule has 1 aliphatic heterocycles. The first-order valence-electron chi connectivity index (χ1n) is 11.2. The number of benzene rings is 2. The third kappa shape index (κ3) is 3.46. The number of aromatic nitrogens is 3. The molecular weight excluding hydrogens is 428 g/mol. The number of hydrogen-bond acceptors (Lipinski definition) is 6. The monoisotopic (exact) mass is 450 g/mol. The number of carbonyl (C=O) groups excluding carboxylic acids is 1. The van der Waals surface area contributed by atoms with Crippen molar-refractivity contribution in [3.63, 3.8) is 0 Å². The van der Waals surface area contributed by atoms with Gasteiger partial charge >= 0.3 is 0 Å². The van der Waals surface area contributed by atoms with Crippen LogP contribution in [0.5, 0.6) is 5.75 Å². The van der Waals surface area contributed by atoms with Crippen LogP contribution in [0, 0.1) is 0 Å². The highest BCUT2D eigenvalue weighted by Gasteiger charge is 2.33. The van der Waals surface area contributed by atoms with Gasteiger partial charge in [0.15, 0.2) is 16.9 Å². The van der Waals surface area contributed by atoms with Gasteiger partial charge in [-0.15, -0.1) is 0 Å². The second kappa shape index (κ2) is 8.26. The van der Waals surface area contributed by atoms with Crippen molar-refractivity contribution in [3.05, 3.63) is 84.6 Å². The lowest BCUT2D eigenvalue weighted by atomic mass is 9.93. The zero-order chi connectivity index (χ0) is 23.1. The second-order valence-corrected chi connectivity index (χ2v) is 8.50. The van der Waals surface area contributed by atoms with E-state index < -0.39 is 0 Å². The van der Waals surface area contributed by atoms with E-state index in [0.29, 0.717) is 36.4 Å². The van der Waals surface area contributed by atoms with E-state index in [1.54, 1.807) is 32.0 Å². The molecular formula is C27H22N4O3. The van der Waals surface area contributed by atoms with Crippen LogP contribution in [0.15, 0.2) is 77.9 Å². The number of amides is 1. The molecule has 1 atom stereocenters. The van der Waals surface area contributed by atoms with Gasteiger partial charge in [-0.2, -0.15) is 0 Å². The van der Waals surface area contributed by atoms with Crippen LogP contribution in [0.25, 0.3) is 33.2 Å². The molecule has 6 rings (SSSR count). The Morgan fingerprint density at radius 2 is 1.91 bits per heavy atom. The summed E-state index contributed by atoms with van der Waals surface area (Å²) in [4.78, 5) is 27.3. The summed E-state index contributed by atoms with van der Waals surface area (Å²) in [6, 6.07) is 16.0. The van der Waals surface area contributed by atoms with Gasteiger partial charge in [0.25, 0.3) is 0 Å². The Morgan fingerprint density at radius 3 is 2.71 bits per heavy atom. The van der Waals surface area contributed by atoms with Crippen LogP contribution in [0.3, 0.4) is 0 Å². The topological polar surface area (TPSA) is 81.4 Å². The zero-order valence-electron chi connectivity index (χ0n) is 18.6. The van der Waals surface area contributed by atoms with Crippen molar-refractivity contribution in [2.75, 3.05) is 13.7 Å². The summed E-state index contributed by atoms with van der Waals surface area (Å²) in [7, 11) is 1.64. The van der Waals surface area contributed by atoms with E-state index in [9.17, 15) is 4.79 Å². The summed E-state index contributed by atoms with van der Waals surface area (Å²) < 4.78 is 11.6. The molecule has 0 bridgehead atoms. The van der Waals surface area contributed by atoms with E-state index >= 15 is 0 Å². The first-order chi connectivity index (χ1) is 16.7. The van der Waals surface area contributed by atoms with Crippen LogP contribution >= 0.6 is 0 Å². The molecule has 3 aromatic heterocycles. The SMILES string of the molecule is COc1ccc(C2CC(=O)N(Cc3ccc(-c4ccncn4)cc3)C2)c2c1oc1cnccc12. The summed E-state index contributed by atoms with van der Waals surface area (Å²) in [6.07, 6.45) is 7.23. The number of likely N-dealkylation sites (tertiary alicyclic amines) is 1. The molecule has 0 aliphatic carbocycles. The molecule has 0 radical (unpaired) electrons. The van der Waals surface area contributed by atoms with Crippen LogP contribution in [0.4, 0.5) is 0 Å². The van der Waals surface area contributed by atoms with E-state index in [1.165, 1.54) is 0 Å². The summed E-state index contributed by atoms with van der Waals surface area (Å²) in [5.74, 6) is 0.915. The van der Waals surface area contributed by atoms with Crippen molar-refractivity contribution >= 4 is 27.8 Å². The summed E-state index contributed by atoms with van der Waals surface area (Å²) in [6.45, 7) is 1.24. The highest BCUT2D eigenvalue weighted by atomic mass is 16.5. The van der Waals surface area contributed by atoms with Crippen molar-refractivity contribution < 1.29 is 13.9 Å². The molecule has 0 spiro atoms. The molecule has 7 heteroatoms. The molecule has 0 N–H and O–H groups in total. The number of carbonyl (C=O) groups is 1. The third-order valence-electron chi connectivity index (χ3n) is 6.50. The minimum Gasteiger partial charge on any atom is -0.493 e. The number of nitrogens with zero attached hydrogens (tertiary/aromatic N) is 4. The van der Waals surface area contributed by atoms with E-state index in [4.69, 9.17) is 9.15 Å². The molecule has 1 fully saturated rings. The average Bonchev–Trinajstić information content (AvgIpc) is 3.45. The molecule has 1 unspecified atom stereocenters. The van der Waals surface area contributed by atoms with Crippen molar-refractivity contribution in [3.8, 4) is 17.0 Å². The number of pyridine rings is 1.